The van der Waals surface area contributed by atoms with Gasteiger partial charge in [-0.3, -0.25) is 0 Å². The molecule has 1 N–H and O–H groups in total. The van der Waals surface area contributed by atoms with E-state index in [0.717, 1.165) is 38.6 Å². The van der Waals surface area contributed by atoms with Crippen LogP contribution < -0.4 is 0 Å². The molecule has 0 saturated heterocycles. The van der Waals surface area contributed by atoms with Gasteiger partial charge < -0.3 is 4.98 Å². The monoisotopic (exact) mass is 304 g/mol. The lowest BCUT2D eigenvalue weighted by molar-refractivity contribution is 1.34. The first-order chi connectivity index (χ1) is 10.8. The number of hydrogen-bond acceptors (Lipinski definition) is 1. The number of rotatable bonds is 2. The van der Waals surface area contributed by atoms with Crippen molar-refractivity contribution < 1.29 is 0 Å². The van der Waals surface area contributed by atoms with Crippen molar-refractivity contribution in [2.45, 2.75) is 0 Å². The third-order valence-electron chi connectivity index (χ3n) is 3.71. The predicted molar refractivity (Wildman–Crippen MR) is 92.0 cm³/mol. The van der Waals surface area contributed by atoms with Gasteiger partial charge in [0, 0.05) is 10.6 Å². The van der Waals surface area contributed by atoms with Crippen LogP contribution in [0.1, 0.15) is 0 Å². The lowest BCUT2D eigenvalue weighted by atomic mass is 9.99. The van der Waals surface area contributed by atoms with Crippen molar-refractivity contribution in [2.24, 2.45) is 0 Å². The number of benzene rings is 3. The third kappa shape index (κ3) is 2.28. The molecule has 0 aliphatic heterocycles. The number of nitrogens with one attached hydrogen (secondary N) is 1. The number of H-pyrrole nitrogens is 1. The average Bonchev–Trinajstić information content (AvgIpc) is 2.99. The topological polar surface area (TPSA) is 28.7 Å². The molecule has 1 aromatic heterocycles. The van der Waals surface area contributed by atoms with Gasteiger partial charge in [0.15, 0.2) is 0 Å². The lowest BCUT2D eigenvalue weighted by Gasteiger charge is -2.08. The highest BCUT2D eigenvalue weighted by Gasteiger charge is 2.11. The highest BCUT2D eigenvalue weighted by Crippen LogP contribution is 2.32. The fraction of sp³-hybridized carbons (Fsp3) is 0. The highest BCUT2D eigenvalue weighted by atomic mass is 35.5. The minimum absolute atomic E-state index is 0.733. The molecule has 0 saturated carbocycles. The van der Waals surface area contributed by atoms with Crippen LogP contribution in [-0.2, 0) is 0 Å². The Morgan fingerprint density at radius 1 is 0.773 bits per heavy atom. The summed E-state index contributed by atoms with van der Waals surface area (Å²) in [5.74, 6) is 0.872. The Hall–Kier alpha value is -2.58. The van der Waals surface area contributed by atoms with Crippen molar-refractivity contribution in [1.82, 2.24) is 9.97 Å². The summed E-state index contributed by atoms with van der Waals surface area (Å²) in [6.45, 7) is 0. The van der Waals surface area contributed by atoms with Gasteiger partial charge in [0.2, 0.25) is 0 Å². The maximum absolute atomic E-state index is 6.13. The van der Waals surface area contributed by atoms with Crippen molar-refractivity contribution in [3.63, 3.8) is 0 Å². The Morgan fingerprint density at radius 2 is 1.55 bits per heavy atom. The van der Waals surface area contributed by atoms with Crippen LogP contribution in [0.25, 0.3) is 33.5 Å². The van der Waals surface area contributed by atoms with Gasteiger partial charge in [-0.05, 0) is 35.4 Å². The molecular formula is C19H13ClN2. The summed E-state index contributed by atoms with van der Waals surface area (Å²) in [6, 6.07) is 24.2. The molecule has 0 spiro atoms. The normalized spacial score (nSPS) is 11.0. The van der Waals surface area contributed by atoms with Crippen LogP contribution in [0.5, 0.6) is 0 Å². The number of fused-ring (bicyclic) bond motifs is 1. The molecule has 0 amide bonds. The Bertz CT molecular complexity index is 923. The highest BCUT2D eigenvalue weighted by molar-refractivity contribution is 6.30. The van der Waals surface area contributed by atoms with E-state index in [1.165, 1.54) is 0 Å². The van der Waals surface area contributed by atoms with E-state index < -0.39 is 0 Å². The van der Waals surface area contributed by atoms with Gasteiger partial charge in [-0.2, -0.15) is 0 Å². The van der Waals surface area contributed by atoms with Crippen LogP contribution >= 0.6 is 11.6 Å². The molecule has 0 aliphatic rings. The van der Waals surface area contributed by atoms with Crippen LogP contribution in [0.2, 0.25) is 5.02 Å². The predicted octanol–water partition coefficient (Wildman–Crippen LogP) is 5.55. The summed E-state index contributed by atoms with van der Waals surface area (Å²) in [6.07, 6.45) is 0. The zero-order valence-corrected chi connectivity index (χ0v) is 12.5. The van der Waals surface area contributed by atoms with Crippen LogP contribution in [0.4, 0.5) is 0 Å². The summed E-state index contributed by atoms with van der Waals surface area (Å²) in [7, 11) is 0. The number of halogens is 1. The van der Waals surface area contributed by atoms with Gasteiger partial charge in [-0.25, -0.2) is 4.98 Å². The second-order valence-electron chi connectivity index (χ2n) is 5.16. The van der Waals surface area contributed by atoms with E-state index in [0.29, 0.717) is 0 Å². The quantitative estimate of drug-likeness (QED) is 0.516. The SMILES string of the molecule is Clc1cccc(-c2ccccc2-c2nc3ccccc3[nH]2)c1. The maximum atomic E-state index is 6.13. The third-order valence-corrected chi connectivity index (χ3v) is 3.94. The smallest absolute Gasteiger partial charge is 0.139 e. The molecular weight excluding hydrogens is 292 g/mol. The molecule has 22 heavy (non-hydrogen) atoms. The van der Waals surface area contributed by atoms with E-state index in [4.69, 9.17) is 16.6 Å². The van der Waals surface area contributed by atoms with Gasteiger partial charge in [0.25, 0.3) is 0 Å². The van der Waals surface area contributed by atoms with Gasteiger partial charge in [-0.1, -0.05) is 60.1 Å². The van der Waals surface area contributed by atoms with Crippen molar-refractivity contribution in [2.75, 3.05) is 0 Å². The van der Waals surface area contributed by atoms with Gasteiger partial charge in [-0.15, -0.1) is 0 Å². The standard InChI is InChI=1S/C19H13ClN2/c20-14-7-5-6-13(12-14)15-8-1-2-9-16(15)19-21-17-10-3-4-11-18(17)22-19/h1-12H,(H,21,22). The van der Waals surface area contributed by atoms with E-state index in [9.17, 15) is 0 Å². The largest absolute Gasteiger partial charge is 0.338 e. The molecule has 3 aromatic carbocycles. The fourth-order valence-electron chi connectivity index (χ4n) is 2.68. The number of para-hydroxylation sites is 2. The Labute approximate surface area is 133 Å². The summed E-state index contributed by atoms with van der Waals surface area (Å²) in [5.41, 5.74) is 5.28. The Morgan fingerprint density at radius 3 is 2.36 bits per heavy atom. The van der Waals surface area contributed by atoms with Crippen LogP contribution in [0, 0.1) is 0 Å². The molecule has 0 atom stereocenters. The van der Waals surface area contributed by atoms with Crippen molar-refractivity contribution in [3.05, 3.63) is 77.8 Å². The number of hydrogen-bond donors (Lipinski definition) is 1. The summed E-state index contributed by atoms with van der Waals surface area (Å²) < 4.78 is 0. The molecule has 106 valence electrons. The first kappa shape index (κ1) is 13.1. The molecule has 3 heteroatoms. The summed E-state index contributed by atoms with van der Waals surface area (Å²) in [5, 5.41) is 0.733. The molecule has 0 bridgehead atoms. The van der Waals surface area contributed by atoms with Crippen LogP contribution in [-0.4, -0.2) is 9.97 Å². The maximum Gasteiger partial charge on any atom is 0.139 e. The lowest BCUT2D eigenvalue weighted by Crippen LogP contribution is -1.86. The van der Waals surface area contributed by atoms with E-state index >= 15 is 0 Å². The Kier molecular flexibility index (Phi) is 3.17. The Balaban J connectivity index is 1.92. The van der Waals surface area contributed by atoms with Crippen molar-refractivity contribution in [3.8, 4) is 22.5 Å². The molecule has 4 rings (SSSR count). The molecule has 2 nitrogen and oxygen atoms in total. The van der Waals surface area contributed by atoms with Gasteiger partial charge in [0.1, 0.15) is 5.82 Å². The molecule has 0 fully saturated rings. The minimum atomic E-state index is 0.733. The van der Waals surface area contributed by atoms with E-state index in [1.54, 1.807) is 0 Å². The van der Waals surface area contributed by atoms with Crippen LogP contribution in [0.15, 0.2) is 72.8 Å². The molecule has 0 unspecified atom stereocenters. The van der Waals surface area contributed by atoms with Crippen molar-refractivity contribution in [1.29, 1.82) is 0 Å². The minimum Gasteiger partial charge on any atom is -0.338 e. The zero-order chi connectivity index (χ0) is 14.9. The van der Waals surface area contributed by atoms with E-state index in [1.807, 2.05) is 54.6 Å². The summed E-state index contributed by atoms with van der Waals surface area (Å²) >= 11 is 6.13. The van der Waals surface area contributed by atoms with Gasteiger partial charge in [0.05, 0.1) is 11.0 Å². The fourth-order valence-corrected chi connectivity index (χ4v) is 2.87. The molecule has 0 aliphatic carbocycles. The van der Waals surface area contributed by atoms with E-state index in [2.05, 4.69) is 23.2 Å². The van der Waals surface area contributed by atoms with Crippen LogP contribution in [0.3, 0.4) is 0 Å². The number of nitrogens with zero attached hydrogens (tertiary/aromatic N) is 1. The first-order valence-corrected chi connectivity index (χ1v) is 7.49. The first-order valence-electron chi connectivity index (χ1n) is 7.11. The second-order valence-corrected chi connectivity index (χ2v) is 5.59. The average molecular weight is 305 g/mol. The summed E-state index contributed by atoms with van der Waals surface area (Å²) in [4.78, 5) is 8.10. The zero-order valence-electron chi connectivity index (χ0n) is 11.8. The van der Waals surface area contributed by atoms with Gasteiger partial charge >= 0.3 is 0 Å². The molecule has 4 aromatic rings. The number of aromatic amines is 1. The molecule has 0 radical (unpaired) electrons. The number of aromatic nitrogens is 2. The molecule has 1 heterocycles. The van der Waals surface area contributed by atoms with E-state index in [-0.39, 0.29) is 0 Å². The number of imidazole rings is 1. The van der Waals surface area contributed by atoms with Crippen molar-refractivity contribution >= 4 is 22.6 Å². The second kappa shape index (κ2) is 5.32.